The van der Waals surface area contributed by atoms with Gasteiger partial charge in [-0.1, -0.05) is 0 Å². The quantitative estimate of drug-likeness (QED) is 0.698. The van der Waals surface area contributed by atoms with Crippen LogP contribution in [0.1, 0.15) is 11.1 Å². The predicted octanol–water partition coefficient (Wildman–Crippen LogP) is 2.68. The van der Waals surface area contributed by atoms with E-state index >= 15 is 0 Å². The molecule has 2 nitrogen and oxygen atoms in total. The normalized spacial score (nSPS) is 11.4. The molecule has 1 aromatic heterocycles. The molecule has 13 heavy (non-hydrogen) atoms. The first-order chi connectivity index (χ1) is 5.88. The molecular weight excluding hydrogens is 249 g/mol. The van der Waals surface area contributed by atoms with Crippen LogP contribution in [0, 0.1) is 11.3 Å². The van der Waals surface area contributed by atoms with Crippen molar-refractivity contribution in [1.82, 2.24) is 4.57 Å². The molecule has 0 aliphatic carbocycles. The van der Waals surface area contributed by atoms with E-state index in [-0.39, 0.29) is 10.2 Å². The summed E-state index contributed by atoms with van der Waals surface area (Å²) in [4.78, 5) is 0. The van der Waals surface area contributed by atoms with Crippen molar-refractivity contribution in [1.29, 1.82) is 5.26 Å². The first-order valence-electron chi connectivity index (χ1n) is 3.20. The van der Waals surface area contributed by atoms with Crippen molar-refractivity contribution in [2.45, 2.75) is 6.18 Å². The van der Waals surface area contributed by atoms with Crippen molar-refractivity contribution in [2.24, 2.45) is 7.05 Å². The van der Waals surface area contributed by atoms with Gasteiger partial charge in [-0.05, 0) is 15.9 Å². The highest BCUT2D eigenvalue weighted by Gasteiger charge is 2.36. The number of nitrogens with zero attached hydrogens (tertiary/aromatic N) is 2. The number of hydrogen-bond acceptors (Lipinski definition) is 1. The molecule has 0 bridgehead atoms. The molecule has 70 valence electrons. The maximum absolute atomic E-state index is 12.2. The number of nitriles is 1. The molecule has 0 saturated heterocycles. The molecule has 1 rings (SSSR count). The SMILES string of the molecule is Cn1cc(C(F)(F)F)c(C#N)c1Br. The monoisotopic (exact) mass is 252 g/mol. The zero-order chi connectivity index (χ0) is 10.2. The fraction of sp³-hybridized carbons (Fsp3) is 0.286. The van der Waals surface area contributed by atoms with Gasteiger partial charge < -0.3 is 4.57 Å². The molecule has 1 aromatic rings. The van der Waals surface area contributed by atoms with E-state index in [0.29, 0.717) is 0 Å². The van der Waals surface area contributed by atoms with E-state index in [2.05, 4.69) is 15.9 Å². The number of halogens is 4. The summed E-state index contributed by atoms with van der Waals surface area (Å²) in [5.74, 6) is 0. The summed E-state index contributed by atoms with van der Waals surface area (Å²) in [7, 11) is 1.43. The second-order valence-electron chi connectivity index (χ2n) is 2.43. The highest BCUT2D eigenvalue weighted by Crippen LogP contribution is 2.35. The Labute approximate surface area is 80.7 Å². The van der Waals surface area contributed by atoms with Gasteiger partial charge in [-0.3, -0.25) is 0 Å². The lowest BCUT2D eigenvalue weighted by Gasteiger charge is -2.02. The van der Waals surface area contributed by atoms with E-state index in [0.717, 1.165) is 6.20 Å². The predicted molar refractivity (Wildman–Crippen MR) is 42.8 cm³/mol. The molecule has 0 spiro atoms. The number of aromatic nitrogens is 1. The van der Waals surface area contributed by atoms with E-state index in [1.54, 1.807) is 0 Å². The highest BCUT2D eigenvalue weighted by molar-refractivity contribution is 9.10. The van der Waals surface area contributed by atoms with E-state index in [1.165, 1.54) is 17.7 Å². The van der Waals surface area contributed by atoms with Gasteiger partial charge in [-0.25, -0.2) is 0 Å². The molecular formula is C7H4BrF3N2. The number of alkyl halides is 3. The minimum atomic E-state index is -4.48. The van der Waals surface area contributed by atoms with Gasteiger partial charge in [0.2, 0.25) is 0 Å². The smallest absolute Gasteiger partial charge is 0.344 e. The maximum atomic E-state index is 12.2. The van der Waals surface area contributed by atoms with Gasteiger partial charge in [-0.2, -0.15) is 18.4 Å². The number of hydrogen-bond donors (Lipinski definition) is 0. The molecule has 0 unspecified atom stereocenters. The van der Waals surface area contributed by atoms with Crippen LogP contribution in [0.3, 0.4) is 0 Å². The Balaban J connectivity index is 3.41. The van der Waals surface area contributed by atoms with Crippen molar-refractivity contribution in [2.75, 3.05) is 0 Å². The van der Waals surface area contributed by atoms with Gasteiger partial charge >= 0.3 is 6.18 Å². The molecule has 0 amide bonds. The van der Waals surface area contributed by atoms with Crippen molar-refractivity contribution < 1.29 is 13.2 Å². The fourth-order valence-electron chi connectivity index (χ4n) is 0.924. The molecule has 1 heterocycles. The van der Waals surface area contributed by atoms with Crippen molar-refractivity contribution in [3.8, 4) is 6.07 Å². The lowest BCUT2D eigenvalue weighted by molar-refractivity contribution is -0.137. The van der Waals surface area contributed by atoms with Crippen LogP contribution in [-0.4, -0.2) is 4.57 Å². The zero-order valence-corrected chi connectivity index (χ0v) is 8.07. The van der Waals surface area contributed by atoms with Crippen LogP contribution in [0.25, 0.3) is 0 Å². The van der Waals surface area contributed by atoms with Gasteiger partial charge in [-0.15, -0.1) is 0 Å². The molecule has 0 radical (unpaired) electrons. The minimum Gasteiger partial charge on any atom is -0.344 e. The second kappa shape index (κ2) is 3.07. The van der Waals surface area contributed by atoms with Gasteiger partial charge in [0.1, 0.15) is 10.7 Å². The summed E-state index contributed by atoms with van der Waals surface area (Å²) in [5.41, 5.74) is -1.29. The number of aryl methyl sites for hydroxylation is 1. The largest absolute Gasteiger partial charge is 0.419 e. The molecule has 0 N–H and O–H groups in total. The Kier molecular flexibility index (Phi) is 2.39. The lowest BCUT2D eigenvalue weighted by Crippen LogP contribution is -2.05. The zero-order valence-electron chi connectivity index (χ0n) is 6.48. The van der Waals surface area contributed by atoms with Crippen LogP contribution < -0.4 is 0 Å². The fourth-order valence-corrected chi connectivity index (χ4v) is 1.33. The summed E-state index contributed by atoms with van der Waals surface area (Å²) < 4.78 is 38.1. The molecule has 0 aromatic carbocycles. The lowest BCUT2D eigenvalue weighted by atomic mass is 10.2. The molecule has 0 atom stereocenters. The number of rotatable bonds is 0. The van der Waals surface area contributed by atoms with E-state index < -0.39 is 11.7 Å². The molecule has 6 heteroatoms. The van der Waals surface area contributed by atoms with Crippen LogP contribution in [0.4, 0.5) is 13.2 Å². The van der Waals surface area contributed by atoms with Crippen molar-refractivity contribution >= 4 is 15.9 Å². The molecule has 0 aliphatic rings. The van der Waals surface area contributed by atoms with Crippen LogP contribution in [0.2, 0.25) is 0 Å². The topological polar surface area (TPSA) is 28.7 Å². The average molecular weight is 253 g/mol. The van der Waals surface area contributed by atoms with Gasteiger partial charge in [0.15, 0.2) is 0 Å². The molecule has 0 aliphatic heterocycles. The van der Waals surface area contributed by atoms with Gasteiger partial charge in [0.25, 0.3) is 0 Å². The molecule has 0 saturated carbocycles. The Morgan fingerprint density at radius 1 is 1.54 bits per heavy atom. The highest BCUT2D eigenvalue weighted by atomic mass is 79.9. The van der Waals surface area contributed by atoms with Gasteiger partial charge in [0, 0.05) is 13.2 Å². The minimum absolute atomic E-state index is 0.141. The van der Waals surface area contributed by atoms with E-state index in [9.17, 15) is 13.2 Å². The van der Waals surface area contributed by atoms with Crippen LogP contribution in [0.5, 0.6) is 0 Å². The van der Waals surface area contributed by atoms with Crippen molar-refractivity contribution in [3.63, 3.8) is 0 Å². The summed E-state index contributed by atoms with van der Waals surface area (Å²) in [5, 5.41) is 8.48. The third kappa shape index (κ3) is 1.70. The summed E-state index contributed by atoms with van der Waals surface area (Å²) in [6.07, 6.45) is -3.60. The van der Waals surface area contributed by atoms with Crippen LogP contribution in [-0.2, 0) is 13.2 Å². The summed E-state index contributed by atoms with van der Waals surface area (Å²) >= 11 is 2.89. The van der Waals surface area contributed by atoms with Crippen molar-refractivity contribution in [3.05, 3.63) is 21.9 Å². The third-order valence-corrected chi connectivity index (χ3v) is 2.48. The van der Waals surface area contributed by atoms with Crippen LogP contribution >= 0.6 is 15.9 Å². The third-order valence-electron chi connectivity index (χ3n) is 1.53. The Morgan fingerprint density at radius 2 is 2.08 bits per heavy atom. The second-order valence-corrected chi connectivity index (χ2v) is 3.18. The van der Waals surface area contributed by atoms with E-state index in [1.807, 2.05) is 0 Å². The first kappa shape index (κ1) is 10.1. The Hall–Kier alpha value is -0.960. The first-order valence-corrected chi connectivity index (χ1v) is 3.99. The maximum Gasteiger partial charge on any atom is 0.419 e. The standard InChI is InChI=1S/C7H4BrF3N2/c1-13-3-5(7(9,10)11)4(2-12)6(13)8/h3H,1H3. The Morgan fingerprint density at radius 3 is 2.38 bits per heavy atom. The van der Waals surface area contributed by atoms with Crippen LogP contribution in [0.15, 0.2) is 10.8 Å². The summed E-state index contributed by atoms with van der Waals surface area (Å²) in [6, 6.07) is 1.50. The van der Waals surface area contributed by atoms with Gasteiger partial charge in [0.05, 0.1) is 11.1 Å². The summed E-state index contributed by atoms with van der Waals surface area (Å²) in [6.45, 7) is 0. The Bertz CT molecular complexity index is 372. The molecule has 0 fully saturated rings. The average Bonchev–Trinajstić information content (AvgIpc) is 2.28. The van der Waals surface area contributed by atoms with E-state index in [4.69, 9.17) is 5.26 Å².